The maximum absolute atomic E-state index is 12.0. The van der Waals surface area contributed by atoms with E-state index in [0.29, 0.717) is 4.47 Å². The summed E-state index contributed by atoms with van der Waals surface area (Å²) in [4.78, 5) is 28.2. The molecule has 1 N–H and O–H groups in total. The van der Waals surface area contributed by atoms with Crippen LogP contribution in [0.15, 0.2) is 29.2 Å². The number of esters is 1. The molecule has 0 aliphatic carbocycles. The predicted molar refractivity (Wildman–Crippen MR) is 91.2 cm³/mol. The van der Waals surface area contributed by atoms with Crippen molar-refractivity contribution in [3.63, 3.8) is 0 Å². The van der Waals surface area contributed by atoms with Crippen molar-refractivity contribution in [3.8, 4) is 0 Å². The van der Waals surface area contributed by atoms with Crippen LogP contribution in [0.25, 0.3) is 0 Å². The lowest BCUT2D eigenvalue weighted by molar-refractivity contribution is -0.124. The molecule has 1 aromatic rings. The van der Waals surface area contributed by atoms with Crippen molar-refractivity contribution in [2.75, 3.05) is 20.8 Å². The highest BCUT2D eigenvalue weighted by molar-refractivity contribution is 7.89. The average Bonchev–Trinajstić information content (AvgIpc) is 2.59. The summed E-state index contributed by atoms with van der Waals surface area (Å²) in [5, 5.41) is 2.72. The molecule has 9 heteroatoms. The van der Waals surface area contributed by atoms with Crippen molar-refractivity contribution in [2.45, 2.75) is 37.6 Å². The molecule has 8 nitrogen and oxygen atoms in total. The predicted octanol–water partition coefficient (Wildman–Crippen LogP) is 1.33. The summed E-state index contributed by atoms with van der Waals surface area (Å²) >= 11 is 0. The number of nitrogens with zero attached hydrogens (tertiary/aromatic N) is 1. The lowest BCUT2D eigenvalue weighted by Crippen LogP contribution is -2.35. The highest BCUT2D eigenvalue weighted by Crippen LogP contribution is 2.15. The summed E-state index contributed by atoms with van der Waals surface area (Å²) < 4.78 is 29.7. The minimum absolute atomic E-state index is 0.0125. The monoisotopic (exact) mass is 372 g/mol. The van der Waals surface area contributed by atoms with Crippen LogP contribution in [0.3, 0.4) is 0 Å². The molecule has 0 saturated heterocycles. The first-order valence-corrected chi connectivity index (χ1v) is 9.26. The van der Waals surface area contributed by atoms with Gasteiger partial charge in [0.05, 0.1) is 17.6 Å². The van der Waals surface area contributed by atoms with Crippen LogP contribution in [0, 0.1) is 0 Å². The number of ether oxygens (including phenoxy) is 1. The second kappa shape index (κ2) is 9.50. The van der Waals surface area contributed by atoms with Crippen molar-refractivity contribution in [1.82, 2.24) is 9.79 Å². The molecule has 25 heavy (non-hydrogen) atoms. The number of sulfonamides is 1. The minimum Gasteiger partial charge on any atom is -0.452 e. The van der Waals surface area contributed by atoms with E-state index in [1.165, 1.54) is 38.4 Å². The van der Waals surface area contributed by atoms with Gasteiger partial charge < -0.3 is 10.1 Å². The number of nitrogens with one attached hydrogen (secondary N) is 1. The van der Waals surface area contributed by atoms with Gasteiger partial charge in [-0.1, -0.05) is 17.8 Å². The summed E-state index contributed by atoms with van der Waals surface area (Å²) in [5.74, 6) is -1.09. The number of hydroxylamine groups is 1. The quantitative estimate of drug-likeness (QED) is 0.518. The third-order valence-corrected chi connectivity index (χ3v) is 5.14. The van der Waals surface area contributed by atoms with E-state index in [1.807, 2.05) is 13.8 Å². The van der Waals surface area contributed by atoms with Gasteiger partial charge in [0.2, 0.25) is 0 Å². The molecule has 0 aliphatic heterocycles. The first kappa shape index (κ1) is 21.1. The van der Waals surface area contributed by atoms with Crippen molar-refractivity contribution in [1.29, 1.82) is 0 Å². The molecule has 0 aromatic heterocycles. The van der Waals surface area contributed by atoms with Crippen molar-refractivity contribution in [3.05, 3.63) is 29.8 Å². The first-order valence-electron chi connectivity index (χ1n) is 7.82. The van der Waals surface area contributed by atoms with Crippen molar-refractivity contribution >= 4 is 21.9 Å². The van der Waals surface area contributed by atoms with Gasteiger partial charge in [-0.3, -0.25) is 9.63 Å². The zero-order valence-corrected chi connectivity index (χ0v) is 15.6. The number of amides is 1. The Morgan fingerprint density at radius 2 is 1.84 bits per heavy atom. The molecule has 0 aliphatic rings. The van der Waals surface area contributed by atoms with Crippen LogP contribution in [0.1, 0.15) is 37.0 Å². The normalized spacial score (nSPS) is 12.7. The third kappa shape index (κ3) is 6.11. The molecule has 1 atom stereocenters. The van der Waals surface area contributed by atoms with Gasteiger partial charge in [0, 0.05) is 13.1 Å². The fraction of sp³-hybridized carbons (Fsp3) is 0.500. The lowest BCUT2D eigenvalue weighted by atomic mass is 10.2. The number of rotatable bonds is 9. The number of benzene rings is 1. The van der Waals surface area contributed by atoms with Gasteiger partial charge in [0.15, 0.2) is 6.61 Å². The third-order valence-electron chi connectivity index (χ3n) is 3.45. The Morgan fingerprint density at radius 3 is 2.36 bits per heavy atom. The van der Waals surface area contributed by atoms with Gasteiger partial charge in [0.1, 0.15) is 0 Å². The van der Waals surface area contributed by atoms with E-state index in [2.05, 4.69) is 10.2 Å². The second-order valence-corrected chi connectivity index (χ2v) is 7.39. The second-order valence-electron chi connectivity index (χ2n) is 5.46. The number of hydrogen-bond acceptors (Lipinski definition) is 6. The highest BCUT2D eigenvalue weighted by Gasteiger charge is 2.21. The van der Waals surface area contributed by atoms with Gasteiger partial charge in [-0.2, -0.15) is 0 Å². The number of carbonyl (C=O) groups excluding carboxylic acids is 2. The summed E-state index contributed by atoms with van der Waals surface area (Å²) in [6.45, 7) is 3.50. The standard InChI is InChI=1S/C16H24N2O6S/c1-5-6-12(2)17-15(19)11-24-16(20)13-7-9-14(10-8-13)25(21,22)18(3)23-4/h7-10,12H,5-6,11H2,1-4H3,(H,17,19)/t12-/m0/s1. The molecule has 0 radical (unpaired) electrons. The maximum atomic E-state index is 12.0. The largest absolute Gasteiger partial charge is 0.452 e. The van der Waals surface area contributed by atoms with Crippen LogP contribution in [-0.4, -0.2) is 51.6 Å². The van der Waals surface area contributed by atoms with E-state index in [-0.39, 0.29) is 29.0 Å². The molecule has 0 bridgehead atoms. The van der Waals surface area contributed by atoms with Crippen molar-refractivity contribution < 1.29 is 27.6 Å². The van der Waals surface area contributed by atoms with Crippen molar-refractivity contribution in [2.24, 2.45) is 0 Å². The van der Waals surface area contributed by atoms with E-state index in [9.17, 15) is 18.0 Å². The van der Waals surface area contributed by atoms with Crippen LogP contribution < -0.4 is 5.32 Å². The van der Waals surface area contributed by atoms with E-state index < -0.39 is 16.0 Å². The zero-order valence-electron chi connectivity index (χ0n) is 14.8. The molecule has 0 heterocycles. The van der Waals surface area contributed by atoms with Crippen LogP contribution >= 0.6 is 0 Å². The Kier molecular flexibility index (Phi) is 8.01. The average molecular weight is 372 g/mol. The summed E-state index contributed by atoms with van der Waals surface area (Å²) in [7, 11) is -1.29. The van der Waals surface area contributed by atoms with E-state index in [0.717, 1.165) is 12.8 Å². The van der Waals surface area contributed by atoms with Gasteiger partial charge in [-0.05, 0) is 37.6 Å². The number of carbonyl (C=O) groups is 2. The Labute approximate surface area is 148 Å². The lowest BCUT2D eigenvalue weighted by Gasteiger charge is -2.14. The molecule has 140 valence electrons. The first-order chi connectivity index (χ1) is 11.7. The molecule has 0 saturated carbocycles. The molecular formula is C16H24N2O6S. The highest BCUT2D eigenvalue weighted by atomic mass is 32.2. The van der Waals surface area contributed by atoms with E-state index >= 15 is 0 Å². The van der Waals surface area contributed by atoms with Crippen LogP contribution in [-0.2, 0) is 24.4 Å². The maximum Gasteiger partial charge on any atom is 0.338 e. The fourth-order valence-electron chi connectivity index (χ4n) is 2.05. The Hall–Kier alpha value is -1.97. The Balaban J connectivity index is 2.65. The summed E-state index contributed by atoms with van der Waals surface area (Å²) in [5.41, 5.74) is 0.147. The molecule has 0 unspecified atom stereocenters. The van der Waals surface area contributed by atoms with Crippen LogP contribution in [0.2, 0.25) is 0 Å². The Bertz CT molecular complexity index is 687. The van der Waals surface area contributed by atoms with E-state index in [4.69, 9.17) is 4.74 Å². The molecule has 0 fully saturated rings. The zero-order chi connectivity index (χ0) is 19.0. The van der Waals surface area contributed by atoms with Gasteiger partial charge in [-0.15, -0.1) is 0 Å². The summed E-state index contributed by atoms with van der Waals surface area (Å²) in [6, 6.07) is 5.18. The SMILES string of the molecule is CCC[C@H](C)NC(=O)COC(=O)c1ccc(S(=O)(=O)N(C)OC)cc1. The van der Waals surface area contributed by atoms with Gasteiger partial charge in [0.25, 0.3) is 15.9 Å². The summed E-state index contributed by atoms with van der Waals surface area (Å²) in [6.07, 6.45) is 1.78. The van der Waals surface area contributed by atoms with Crippen LogP contribution in [0.5, 0.6) is 0 Å². The molecule has 0 spiro atoms. The molecule has 1 amide bonds. The topological polar surface area (TPSA) is 102 Å². The van der Waals surface area contributed by atoms with Gasteiger partial charge in [-0.25, -0.2) is 13.2 Å². The Morgan fingerprint density at radius 1 is 1.24 bits per heavy atom. The van der Waals surface area contributed by atoms with Crippen LogP contribution in [0.4, 0.5) is 0 Å². The molecule has 1 rings (SSSR count). The fourth-order valence-corrected chi connectivity index (χ4v) is 3.02. The van der Waals surface area contributed by atoms with Gasteiger partial charge >= 0.3 is 5.97 Å². The molecular weight excluding hydrogens is 348 g/mol. The smallest absolute Gasteiger partial charge is 0.338 e. The minimum atomic E-state index is -3.78. The molecule has 1 aromatic carbocycles. The van der Waals surface area contributed by atoms with E-state index in [1.54, 1.807) is 0 Å². The number of hydrogen-bond donors (Lipinski definition) is 1.